The van der Waals surface area contributed by atoms with Gasteiger partial charge in [-0.3, -0.25) is 0 Å². The van der Waals surface area contributed by atoms with Crippen molar-refractivity contribution in [1.29, 1.82) is 0 Å². The average molecular weight is 314 g/mol. The summed E-state index contributed by atoms with van der Waals surface area (Å²) >= 11 is 5.24. The third kappa shape index (κ3) is 3.94. The van der Waals surface area contributed by atoms with Crippen LogP contribution in [0, 0.1) is 0 Å². The van der Waals surface area contributed by atoms with E-state index in [4.69, 9.17) is 0 Å². The number of rotatable bonds is 6. The summed E-state index contributed by atoms with van der Waals surface area (Å²) in [5.74, 6) is 0. The highest BCUT2D eigenvalue weighted by atomic mass is 79.9. The number of hydrogen-bond acceptors (Lipinski definition) is 3. The van der Waals surface area contributed by atoms with Crippen LogP contribution in [0.3, 0.4) is 0 Å². The summed E-state index contributed by atoms with van der Waals surface area (Å²) in [4.78, 5) is 5.72. The van der Waals surface area contributed by atoms with E-state index in [9.17, 15) is 0 Å². The SMILES string of the molecule is CCCNCc1cn(Cc2ccc(Br)s2)cn1. The van der Waals surface area contributed by atoms with Gasteiger partial charge < -0.3 is 9.88 Å². The number of nitrogens with zero attached hydrogens (tertiary/aromatic N) is 2. The van der Waals surface area contributed by atoms with Gasteiger partial charge in [-0.15, -0.1) is 11.3 Å². The molecule has 0 saturated heterocycles. The number of hydrogen-bond donors (Lipinski definition) is 1. The first kappa shape index (κ1) is 12.8. The van der Waals surface area contributed by atoms with Gasteiger partial charge in [-0.2, -0.15) is 0 Å². The molecule has 2 heterocycles. The van der Waals surface area contributed by atoms with Crippen LogP contribution in [0.15, 0.2) is 28.4 Å². The molecule has 0 amide bonds. The summed E-state index contributed by atoms with van der Waals surface area (Å²) < 4.78 is 3.30. The number of aromatic nitrogens is 2. The Morgan fingerprint density at radius 1 is 1.47 bits per heavy atom. The lowest BCUT2D eigenvalue weighted by Gasteiger charge is -1.99. The molecule has 0 aromatic carbocycles. The summed E-state index contributed by atoms with van der Waals surface area (Å²) in [6.07, 6.45) is 5.16. The maximum absolute atomic E-state index is 4.38. The van der Waals surface area contributed by atoms with Gasteiger partial charge in [-0.25, -0.2) is 4.98 Å². The van der Waals surface area contributed by atoms with Crippen LogP contribution in [-0.2, 0) is 13.1 Å². The molecule has 0 aliphatic rings. The van der Waals surface area contributed by atoms with Gasteiger partial charge >= 0.3 is 0 Å². The highest BCUT2D eigenvalue weighted by Crippen LogP contribution is 2.22. The molecule has 0 aliphatic heterocycles. The zero-order chi connectivity index (χ0) is 12.1. The van der Waals surface area contributed by atoms with E-state index in [1.807, 2.05) is 6.33 Å². The van der Waals surface area contributed by atoms with E-state index in [0.29, 0.717) is 0 Å². The fraction of sp³-hybridized carbons (Fsp3) is 0.417. The summed E-state index contributed by atoms with van der Waals surface area (Å²) in [7, 11) is 0. The molecular formula is C12H16BrN3S. The number of imidazole rings is 1. The van der Waals surface area contributed by atoms with Crippen LogP contribution < -0.4 is 5.32 Å². The van der Waals surface area contributed by atoms with E-state index in [1.54, 1.807) is 11.3 Å². The second-order valence-corrected chi connectivity index (χ2v) is 6.47. The van der Waals surface area contributed by atoms with Crippen molar-refractivity contribution in [3.05, 3.63) is 39.0 Å². The van der Waals surface area contributed by atoms with Crippen LogP contribution in [0.25, 0.3) is 0 Å². The molecule has 0 unspecified atom stereocenters. The van der Waals surface area contributed by atoms with E-state index < -0.39 is 0 Å². The minimum absolute atomic E-state index is 0.856. The van der Waals surface area contributed by atoms with Crippen LogP contribution in [0.5, 0.6) is 0 Å². The summed E-state index contributed by atoms with van der Waals surface area (Å²) in [5, 5.41) is 3.35. The Hall–Kier alpha value is -0.650. The molecule has 1 N–H and O–H groups in total. The van der Waals surface area contributed by atoms with Crippen molar-refractivity contribution in [3.8, 4) is 0 Å². The van der Waals surface area contributed by atoms with Gasteiger partial charge in [0.2, 0.25) is 0 Å². The Bertz CT molecular complexity index is 464. The van der Waals surface area contributed by atoms with E-state index in [-0.39, 0.29) is 0 Å². The maximum Gasteiger partial charge on any atom is 0.0953 e. The highest BCUT2D eigenvalue weighted by Gasteiger charge is 2.01. The molecule has 0 bridgehead atoms. The lowest BCUT2D eigenvalue weighted by Crippen LogP contribution is -2.13. The average Bonchev–Trinajstić information content (AvgIpc) is 2.90. The second kappa shape index (κ2) is 6.33. The Morgan fingerprint density at radius 3 is 3.06 bits per heavy atom. The molecule has 2 aromatic heterocycles. The van der Waals surface area contributed by atoms with Gasteiger partial charge in [0, 0.05) is 17.6 Å². The molecule has 0 spiro atoms. The van der Waals surface area contributed by atoms with Crippen molar-refractivity contribution in [2.45, 2.75) is 26.4 Å². The quantitative estimate of drug-likeness (QED) is 0.830. The van der Waals surface area contributed by atoms with Gasteiger partial charge in [-0.1, -0.05) is 6.92 Å². The molecular weight excluding hydrogens is 298 g/mol. The van der Waals surface area contributed by atoms with Crippen molar-refractivity contribution >= 4 is 27.3 Å². The van der Waals surface area contributed by atoms with E-state index in [2.05, 4.69) is 56.1 Å². The molecule has 3 nitrogen and oxygen atoms in total. The van der Waals surface area contributed by atoms with Crippen molar-refractivity contribution in [2.24, 2.45) is 0 Å². The molecule has 0 atom stereocenters. The molecule has 5 heteroatoms. The molecule has 0 fully saturated rings. The molecule has 2 rings (SSSR count). The first-order valence-corrected chi connectivity index (χ1v) is 7.34. The predicted octanol–water partition coefficient (Wildman–Crippen LogP) is 3.26. The molecule has 0 saturated carbocycles. The van der Waals surface area contributed by atoms with Crippen LogP contribution in [0.2, 0.25) is 0 Å². The monoisotopic (exact) mass is 313 g/mol. The van der Waals surface area contributed by atoms with Gasteiger partial charge in [0.1, 0.15) is 0 Å². The molecule has 17 heavy (non-hydrogen) atoms. The lowest BCUT2D eigenvalue weighted by atomic mass is 10.4. The number of thiophene rings is 1. The van der Waals surface area contributed by atoms with Crippen molar-refractivity contribution in [3.63, 3.8) is 0 Å². The Morgan fingerprint density at radius 2 is 2.35 bits per heavy atom. The smallest absolute Gasteiger partial charge is 0.0953 e. The van der Waals surface area contributed by atoms with Crippen molar-refractivity contribution < 1.29 is 0 Å². The van der Waals surface area contributed by atoms with E-state index in [0.717, 1.165) is 31.7 Å². The zero-order valence-electron chi connectivity index (χ0n) is 9.82. The molecule has 0 aliphatic carbocycles. The van der Waals surface area contributed by atoms with E-state index >= 15 is 0 Å². The van der Waals surface area contributed by atoms with Crippen LogP contribution in [0.1, 0.15) is 23.9 Å². The van der Waals surface area contributed by atoms with E-state index in [1.165, 1.54) is 8.66 Å². The van der Waals surface area contributed by atoms with Crippen LogP contribution >= 0.6 is 27.3 Å². The van der Waals surface area contributed by atoms with Crippen molar-refractivity contribution in [1.82, 2.24) is 14.9 Å². The Balaban J connectivity index is 1.89. The minimum atomic E-state index is 0.856. The van der Waals surface area contributed by atoms with Gasteiger partial charge in [0.15, 0.2) is 0 Å². The van der Waals surface area contributed by atoms with Gasteiger partial charge in [0.25, 0.3) is 0 Å². The fourth-order valence-electron chi connectivity index (χ4n) is 1.59. The third-order valence-corrected chi connectivity index (χ3v) is 4.00. The largest absolute Gasteiger partial charge is 0.332 e. The van der Waals surface area contributed by atoms with Crippen molar-refractivity contribution in [2.75, 3.05) is 6.54 Å². The van der Waals surface area contributed by atoms with Crippen LogP contribution in [-0.4, -0.2) is 16.1 Å². The Labute approximate surface area is 114 Å². The molecule has 0 radical (unpaired) electrons. The standard InChI is InChI=1S/C12H16BrN3S/c1-2-5-14-6-10-7-16(9-15-10)8-11-3-4-12(13)17-11/h3-4,7,9,14H,2,5-6,8H2,1H3. The lowest BCUT2D eigenvalue weighted by molar-refractivity contribution is 0.665. The number of nitrogens with one attached hydrogen (secondary N) is 1. The van der Waals surface area contributed by atoms with Gasteiger partial charge in [-0.05, 0) is 41.0 Å². The first-order valence-electron chi connectivity index (χ1n) is 5.73. The third-order valence-electron chi connectivity index (χ3n) is 2.39. The minimum Gasteiger partial charge on any atom is -0.332 e. The topological polar surface area (TPSA) is 29.9 Å². The molecule has 92 valence electrons. The molecule has 2 aromatic rings. The summed E-state index contributed by atoms with van der Waals surface area (Å²) in [5.41, 5.74) is 1.11. The van der Waals surface area contributed by atoms with Gasteiger partial charge in [0.05, 0.1) is 22.4 Å². The normalized spacial score (nSPS) is 10.9. The summed E-state index contributed by atoms with van der Waals surface area (Å²) in [6, 6.07) is 4.23. The maximum atomic E-state index is 4.38. The fourth-order valence-corrected chi connectivity index (χ4v) is 3.09. The summed E-state index contributed by atoms with van der Waals surface area (Å²) in [6.45, 7) is 4.97. The zero-order valence-corrected chi connectivity index (χ0v) is 12.2. The number of halogens is 1. The Kier molecular flexibility index (Phi) is 4.76. The predicted molar refractivity (Wildman–Crippen MR) is 75.3 cm³/mol. The second-order valence-electron chi connectivity index (χ2n) is 3.92. The highest BCUT2D eigenvalue weighted by molar-refractivity contribution is 9.11. The first-order chi connectivity index (χ1) is 8.28. The van der Waals surface area contributed by atoms with Crippen LogP contribution in [0.4, 0.5) is 0 Å².